The van der Waals surface area contributed by atoms with E-state index in [-0.39, 0.29) is 5.41 Å². The Morgan fingerprint density at radius 2 is 2.24 bits per heavy atom. The molecule has 0 saturated heterocycles. The van der Waals surface area contributed by atoms with Crippen molar-refractivity contribution < 1.29 is 0 Å². The van der Waals surface area contributed by atoms with Crippen LogP contribution in [0.1, 0.15) is 32.2 Å². The van der Waals surface area contributed by atoms with E-state index >= 15 is 0 Å². The molecule has 0 aliphatic carbocycles. The van der Waals surface area contributed by atoms with Gasteiger partial charge in [-0.2, -0.15) is 0 Å². The Labute approximate surface area is 111 Å². The smallest absolute Gasteiger partial charge is 0.177 e. The molecule has 0 bridgehead atoms. The summed E-state index contributed by atoms with van der Waals surface area (Å²) >= 11 is 6.96. The second-order valence-electron chi connectivity index (χ2n) is 5.11. The van der Waals surface area contributed by atoms with Crippen molar-refractivity contribution in [2.45, 2.75) is 39.2 Å². The van der Waals surface area contributed by atoms with E-state index in [0.717, 1.165) is 23.4 Å². The molecular formula is C12H17N3S2. The maximum absolute atomic E-state index is 5.33. The van der Waals surface area contributed by atoms with E-state index in [9.17, 15) is 0 Å². The topological polar surface area (TPSA) is 33.6 Å². The SMILES string of the molecule is CC(C)(C)c1c[nH]c(=S)n1CCc1cscn1. The Morgan fingerprint density at radius 3 is 2.82 bits per heavy atom. The summed E-state index contributed by atoms with van der Waals surface area (Å²) in [6.45, 7) is 7.48. The Bertz CT molecular complexity index is 529. The fraction of sp³-hybridized carbons (Fsp3) is 0.500. The van der Waals surface area contributed by atoms with Crippen LogP contribution in [0.5, 0.6) is 0 Å². The maximum Gasteiger partial charge on any atom is 0.177 e. The zero-order chi connectivity index (χ0) is 12.5. The van der Waals surface area contributed by atoms with Crippen molar-refractivity contribution >= 4 is 23.6 Å². The molecule has 2 aromatic heterocycles. The Kier molecular flexibility index (Phi) is 3.49. The molecule has 0 radical (unpaired) electrons. The lowest BCUT2D eigenvalue weighted by molar-refractivity contribution is 0.512. The molecule has 3 nitrogen and oxygen atoms in total. The number of rotatable bonds is 3. The normalized spacial score (nSPS) is 11.9. The van der Waals surface area contributed by atoms with Gasteiger partial charge in [-0.05, 0) is 12.2 Å². The second-order valence-corrected chi connectivity index (χ2v) is 6.22. The van der Waals surface area contributed by atoms with Gasteiger partial charge >= 0.3 is 0 Å². The van der Waals surface area contributed by atoms with Crippen LogP contribution in [-0.2, 0) is 18.4 Å². The van der Waals surface area contributed by atoms with Crippen molar-refractivity contribution in [3.8, 4) is 0 Å². The van der Waals surface area contributed by atoms with Gasteiger partial charge in [-0.3, -0.25) is 0 Å². The predicted molar refractivity (Wildman–Crippen MR) is 74.1 cm³/mol. The van der Waals surface area contributed by atoms with Crippen LogP contribution < -0.4 is 0 Å². The van der Waals surface area contributed by atoms with Gasteiger partial charge in [-0.25, -0.2) is 4.98 Å². The highest BCUT2D eigenvalue weighted by molar-refractivity contribution is 7.71. The number of aromatic amines is 1. The van der Waals surface area contributed by atoms with Gasteiger partial charge in [0.25, 0.3) is 0 Å². The standard InChI is InChI=1S/C12H17N3S2/c1-12(2,3)10-6-13-11(16)15(10)5-4-9-7-17-8-14-9/h6-8H,4-5H2,1-3H3,(H,13,16). The highest BCUT2D eigenvalue weighted by Crippen LogP contribution is 2.22. The monoisotopic (exact) mass is 267 g/mol. The molecule has 0 atom stereocenters. The molecule has 17 heavy (non-hydrogen) atoms. The fourth-order valence-corrected chi connectivity index (χ4v) is 2.67. The summed E-state index contributed by atoms with van der Waals surface area (Å²) in [6.07, 6.45) is 2.95. The average molecular weight is 267 g/mol. The number of aryl methyl sites for hydroxylation is 1. The molecule has 0 amide bonds. The van der Waals surface area contributed by atoms with Crippen LogP contribution in [-0.4, -0.2) is 14.5 Å². The first-order chi connectivity index (χ1) is 7.98. The highest BCUT2D eigenvalue weighted by Gasteiger charge is 2.19. The molecule has 2 rings (SSSR count). The van der Waals surface area contributed by atoms with Crippen LogP contribution >= 0.6 is 23.6 Å². The molecule has 0 aromatic carbocycles. The molecule has 0 fully saturated rings. The van der Waals surface area contributed by atoms with E-state index in [0.29, 0.717) is 0 Å². The third kappa shape index (κ3) is 2.84. The van der Waals surface area contributed by atoms with Gasteiger partial charge < -0.3 is 9.55 Å². The van der Waals surface area contributed by atoms with Crippen molar-refractivity contribution in [1.82, 2.24) is 14.5 Å². The highest BCUT2D eigenvalue weighted by atomic mass is 32.1. The van der Waals surface area contributed by atoms with Gasteiger partial charge in [-0.15, -0.1) is 11.3 Å². The van der Waals surface area contributed by atoms with Gasteiger partial charge in [0.15, 0.2) is 4.77 Å². The number of hydrogen-bond acceptors (Lipinski definition) is 3. The minimum atomic E-state index is 0.107. The Morgan fingerprint density at radius 1 is 1.47 bits per heavy atom. The number of hydrogen-bond donors (Lipinski definition) is 1. The third-order valence-electron chi connectivity index (χ3n) is 2.71. The molecule has 2 aromatic rings. The summed E-state index contributed by atoms with van der Waals surface area (Å²) in [6, 6.07) is 0. The number of nitrogens with zero attached hydrogens (tertiary/aromatic N) is 2. The maximum atomic E-state index is 5.33. The average Bonchev–Trinajstić information content (AvgIpc) is 2.83. The molecule has 2 heterocycles. The Balaban J connectivity index is 2.21. The number of imidazole rings is 1. The van der Waals surface area contributed by atoms with Crippen LogP contribution in [0.15, 0.2) is 17.1 Å². The van der Waals surface area contributed by atoms with Crippen molar-refractivity contribution in [1.29, 1.82) is 0 Å². The summed E-state index contributed by atoms with van der Waals surface area (Å²) in [7, 11) is 0. The van der Waals surface area contributed by atoms with Crippen LogP contribution in [0.2, 0.25) is 0 Å². The first kappa shape index (κ1) is 12.5. The van der Waals surface area contributed by atoms with Crippen molar-refractivity contribution in [3.63, 3.8) is 0 Å². The lowest BCUT2D eigenvalue weighted by Gasteiger charge is -2.20. The zero-order valence-electron chi connectivity index (χ0n) is 10.4. The van der Waals surface area contributed by atoms with E-state index in [4.69, 9.17) is 12.2 Å². The van der Waals surface area contributed by atoms with Crippen LogP contribution in [0.3, 0.4) is 0 Å². The minimum Gasteiger partial charge on any atom is -0.337 e. The van der Waals surface area contributed by atoms with Crippen molar-refractivity contribution in [2.24, 2.45) is 0 Å². The molecule has 0 unspecified atom stereocenters. The molecule has 0 aliphatic heterocycles. The van der Waals surface area contributed by atoms with Crippen LogP contribution in [0, 0.1) is 4.77 Å². The summed E-state index contributed by atoms with van der Waals surface area (Å²) in [5.41, 5.74) is 4.36. The number of thiazole rings is 1. The first-order valence-electron chi connectivity index (χ1n) is 5.64. The molecular weight excluding hydrogens is 250 g/mol. The lowest BCUT2D eigenvalue weighted by atomic mass is 9.92. The third-order valence-corrected chi connectivity index (χ3v) is 3.69. The summed E-state index contributed by atoms with van der Waals surface area (Å²) < 4.78 is 2.97. The molecule has 92 valence electrons. The summed E-state index contributed by atoms with van der Waals surface area (Å²) in [5, 5.41) is 2.09. The number of nitrogens with one attached hydrogen (secondary N) is 1. The largest absolute Gasteiger partial charge is 0.337 e. The lowest BCUT2D eigenvalue weighted by Crippen LogP contribution is -2.18. The van der Waals surface area contributed by atoms with Gasteiger partial charge in [0.05, 0.1) is 11.2 Å². The predicted octanol–water partition coefficient (Wildman–Crippen LogP) is 3.54. The van der Waals surface area contributed by atoms with E-state index in [1.165, 1.54) is 5.69 Å². The quantitative estimate of drug-likeness (QED) is 0.863. The van der Waals surface area contributed by atoms with Crippen LogP contribution in [0.4, 0.5) is 0 Å². The molecule has 0 aliphatic rings. The van der Waals surface area contributed by atoms with Crippen LogP contribution in [0.25, 0.3) is 0 Å². The van der Waals surface area contributed by atoms with Crippen molar-refractivity contribution in [3.05, 3.63) is 33.2 Å². The van der Waals surface area contributed by atoms with Gasteiger partial charge in [0.2, 0.25) is 0 Å². The second kappa shape index (κ2) is 4.74. The van der Waals surface area contributed by atoms with E-state index < -0.39 is 0 Å². The first-order valence-corrected chi connectivity index (χ1v) is 6.99. The van der Waals surface area contributed by atoms with E-state index in [1.54, 1.807) is 11.3 Å². The minimum absolute atomic E-state index is 0.107. The summed E-state index contributed by atoms with van der Waals surface area (Å²) in [4.78, 5) is 7.43. The van der Waals surface area contributed by atoms with Gasteiger partial charge in [-0.1, -0.05) is 20.8 Å². The Hall–Kier alpha value is -0.940. The van der Waals surface area contributed by atoms with Gasteiger partial charge in [0.1, 0.15) is 0 Å². The molecule has 1 N–H and O–H groups in total. The van der Waals surface area contributed by atoms with E-state index in [1.807, 2.05) is 11.7 Å². The molecule has 0 saturated carbocycles. The van der Waals surface area contributed by atoms with Gasteiger partial charge in [0, 0.05) is 35.7 Å². The fourth-order valence-electron chi connectivity index (χ4n) is 1.83. The van der Waals surface area contributed by atoms with Crippen molar-refractivity contribution in [2.75, 3.05) is 0 Å². The summed E-state index contributed by atoms with van der Waals surface area (Å²) in [5.74, 6) is 0. The number of H-pyrrole nitrogens is 1. The van der Waals surface area contributed by atoms with E-state index in [2.05, 4.69) is 40.7 Å². The number of aromatic nitrogens is 3. The molecule has 0 spiro atoms. The zero-order valence-corrected chi connectivity index (χ0v) is 12.0. The molecule has 5 heteroatoms.